The standard InChI is InChI=1S/C27H30ClN5O2/c1-31(26-22(16-29)27(34)32(2)23-14-15-24(28)30-25(23)26)17-4-6-18(7-5-17)33(19-8-9-19)20-10-12-21(35-3)13-11-20/h10-15,17-19H,4-9H2,1-3H3. The minimum atomic E-state index is -0.306. The van der Waals surface area contributed by atoms with E-state index in [1.165, 1.54) is 23.1 Å². The summed E-state index contributed by atoms with van der Waals surface area (Å²) >= 11 is 6.22. The molecule has 5 rings (SSSR count). The summed E-state index contributed by atoms with van der Waals surface area (Å²) in [5.74, 6) is 0.873. The summed E-state index contributed by atoms with van der Waals surface area (Å²) in [5.41, 5.74) is 2.93. The molecule has 0 bridgehead atoms. The van der Waals surface area contributed by atoms with Gasteiger partial charge in [-0.3, -0.25) is 4.79 Å². The van der Waals surface area contributed by atoms with E-state index in [2.05, 4.69) is 33.0 Å². The molecule has 0 aliphatic heterocycles. The van der Waals surface area contributed by atoms with Gasteiger partial charge < -0.3 is 19.1 Å². The summed E-state index contributed by atoms with van der Waals surface area (Å²) in [6.45, 7) is 0. The van der Waals surface area contributed by atoms with Gasteiger partial charge in [0, 0.05) is 37.9 Å². The first-order valence-corrected chi connectivity index (χ1v) is 12.5. The van der Waals surface area contributed by atoms with Crippen molar-refractivity contribution in [1.29, 1.82) is 5.26 Å². The number of aromatic nitrogens is 2. The van der Waals surface area contributed by atoms with Crippen molar-refractivity contribution >= 4 is 34.0 Å². The minimum absolute atomic E-state index is 0.122. The number of rotatable bonds is 6. The number of benzene rings is 1. The van der Waals surface area contributed by atoms with E-state index in [1.54, 1.807) is 26.3 Å². The quantitative estimate of drug-likeness (QED) is 0.457. The average Bonchev–Trinajstić information content (AvgIpc) is 3.71. The summed E-state index contributed by atoms with van der Waals surface area (Å²) in [4.78, 5) is 22.2. The van der Waals surface area contributed by atoms with Gasteiger partial charge in [-0.1, -0.05) is 11.6 Å². The van der Waals surface area contributed by atoms with Crippen molar-refractivity contribution in [2.24, 2.45) is 7.05 Å². The van der Waals surface area contributed by atoms with Crippen LogP contribution in [0.3, 0.4) is 0 Å². The average molecular weight is 492 g/mol. The number of fused-ring (bicyclic) bond motifs is 1. The molecule has 0 spiro atoms. The molecule has 2 fully saturated rings. The van der Waals surface area contributed by atoms with Gasteiger partial charge in [-0.2, -0.15) is 5.26 Å². The number of pyridine rings is 2. The maximum Gasteiger partial charge on any atom is 0.270 e. The number of nitrogens with zero attached hydrogens (tertiary/aromatic N) is 5. The molecule has 35 heavy (non-hydrogen) atoms. The zero-order valence-electron chi connectivity index (χ0n) is 20.4. The van der Waals surface area contributed by atoms with E-state index in [1.807, 2.05) is 19.2 Å². The maximum absolute atomic E-state index is 13.0. The largest absolute Gasteiger partial charge is 0.497 e. The molecular formula is C27H30ClN5O2. The Kier molecular flexibility index (Phi) is 6.33. The van der Waals surface area contributed by atoms with Crippen LogP contribution in [-0.2, 0) is 7.05 Å². The molecule has 0 amide bonds. The number of hydrogen-bond donors (Lipinski definition) is 0. The fraction of sp³-hybridized carbons (Fsp3) is 0.444. The molecule has 3 aromatic rings. The molecule has 2 aromatic heterocycles. The van der Waals surface area contributed by atoms with Crippen LogP contribution in [0.5, 0.6) is 5.75 Å². The molecule has 2 aliphatic rings. The summed E-state index contributed by atoms with van der Waals surface area (Å²) in [6.07, 6.45) is 6.53. The zero-order chi connectivity index (χ0) is 24.7. The summed E-state index contributed by atoms with van der Waals surface area (Å²) in [6, 6.07) is 15.3. The highest BCUT2D eigenvalue weighted by Crippen LogP contribution is 2.40. The number of anilines is 2. The van der Waals surface area contributed by atoms with Crippen molar-refractivity contribution in [3.8, 4) is 11.8 Å². The molecule has 2 aliphatic carbocycles. The van der Waals surface area contributed by atoms with Crippen molar-refractivity contribution in [3.63, 3.8) is 0 Å². The van der Waals surface area contributed by atoms with Gasteiger partial charge in [0.05, 0.1) is 18.3 Å². The molecule has 1 aromatic carbocycles. The Morgan fingerprint density at radius 3 is 2.20 bits per heavy atom. The van der Waals surface area contributed by atoms with Crippen molar-refractivity contribution < 1.29 is 4.74 Å². The minimum Gasteiger partial charge on any atom is -0.497 e. The van der Waals surface area contributed by atoms with Crippen molar-refractivity contribution in [2.75, 3.05) is 24.0 Å². The predicted molar refractivity (Wildman–Crippen MR) is 140 cm³/mol. The fourth-order valence-electron chi connectivity index (χ4n) is 5.55. The molecule has 2 saturated carbocycles. The molecule has 0 unspecified atom stereocenters. The third-order valence-corrected chi connectivity index (χ3v) is 7.77. The Labute approximate surface area is 210 Å². The van der Waals surface area contributed by atoms with Crippen molar-refractivity contribution in [3.05, 3.63) is 57.5 Å². The van der Waals surface area contributed by atoms with Gasteiger partial charge in [0.2, 0.25) is 0 Å². The van der Waals surface area contributed by atoms with Crippen LogP contribution in [0.15, 0.2) is 41.2 Å². The number of hydrogen-bond acceptors (Lipinski definition) is 6. The zero-order valence-corrected chi connectivity index (χ0v) is 21.1. The number of nitriles is 1. The monoisotopic (exact) mass is 491 g/mol. The second-order valence-electron chi connectivity index (χ2n) is 9.61. The molecule has 0 atom stereocenters. The van der Waals surface area contributed by atoms with Crippen molar-refractivity contribution in [1.82, 2.24) is 9.55 Å². The second-order valence-corrected chi connectivity index (χ2v) is 10.00. The van der Waals surface area contributed by atoms with Gasteiger partial charge in [-0.05, 0) is 74.9 Å². The van der Waals surface area contributed by atoms with E-state index in [0.717, 1.165) is 31.4 Å². The maximum atomic E-state index is 13.0. The van der Waals surface area contributed by atoms with Gasteiger partial charge in [0.25, 0.3) is 5.56 Å². The second kappa shape index (κ2) is 9.43. The van der Waals surface area contributed by atoms with Gasteiger partial charge in [-0.15, -0.1) is 0 Å². The highest BCUT2D eigenvalue weighted by molar-refractivity contribution is 6.29. The lowest BCUT2D eigenvalue weighted by atomic mass is 9.88. The van der Waals surface area contributed by atoms with Crippen LogP contribution in [0.1, 0.15) is 44.1 Å². The lowest BCUT2D eigenvalue weighted by Crippen LogP contribution is -2.44. The Morgan fingerprint density at radius 1 is 1.03 bits per heavy atom. The first-order valence-electron chi connectivity index (χ1n) is 12.2. The van der Waals surface area contributed by atoms with Crippen LogP contribution in [0.4, 0.5) is 11.4 Å². The third-order valence-electron chi connectivity index (χ3n) is 7.56. The molecule has 2 heterocycles. The first-order chi connectivity index (χ1) is 16.9. The highest BCUT2D eigenvalue weighted by atomic mass is 35.5. The number of aryl methyl sites for hydroxylation is 1. The molecule has 0 radical (unpaired) electrons. The number of halogens is 1. The van der Waals surface area contributed by atoms with E-state index in [4.69, 9.17) is 16.3 Å². The van der Waals surface area contributed by atoms with Crippen LogP contribution in [-0.4, -0.2) is 41.8 Å². The fourth-order valence-corrected chi connectivity index (χ4v) is 5.69. The summed E-state index contributed by atoms with van der Waals surface area (Å²) in [5, 5.41) is 10.2. The van der Waals surface area contributed by atoms with Gasteiger partial charge in [-0.25, -0.2) is 4.98 Å². The molecule has 0 saturated heterocycles. The lowest BCUT2D eigenvalue weighted by Gasteiger charge is -2.42. The molecule has 8 heteroatoms. The first kappa shape index (κ1) is 23.5. The van der Waals surface area contributed by atoms with E-state index in [9.17, 15) is 10.1 Å². The normalized spacial score (nSPS) is 19.9. The summed E-state index contributed by atoms with van der Waals surface area (Å²) in [7, 11) is 5.34. The topological polar surface area (TPSA) is 74.4 Å². The van der Waals surface area contributed by atoms with E-state index < -0.39 is 0 Å². The molecule has 7 nitrogen and oxygen atoms in total. The van der Waals surface area contributed by atoms with Gasteiger partial charge >= 0.3 is 0 Å². The van der Waals surface area contributed by atoms with E-state index >= 15 is 0 Å². The Bertz CT molecular complexity index is 1330. The Morgan fingerprint density at radius 2 is 1.63 bits per heavy atom. The lowest BCUT2D eigenvalue weighted by molar-refractivity contribution is 0.366. The number of ether oxygens (including phenoxy) is 1. The summed E-state index contributed by atoms with van der Waals surface area (Å²) < 4.78 is 6.82. The molecule has 0 N–H and O–H groups in total. The SMILES string of the molecule is COc1ccc(N(C2CCC(N(C)c3c(C#N)c(=O)n(C)c4ccc(Cl)nc34)CC2)C2CC2)cc1. The number of methoxy groups -OCH3 is 1. The van der Waals surface area contributed by atoms with Gasteiger partial charge in [0.15, 0.2) is 0 Å². The Balaban J connectivity index is 1.41. The van der Waals surface area contributed by atoms with E-state index in [-0.39, 0.29) is 17.2 Å². The molecular weight excluding hydrogens is 462 g/mol. The van der Waals surface area contributed by atoms with Crippen LogP contribution in [0.2, 0.25) is 5.15 Å². The molecule has 182 valence electrons. The van der Waals surface area contributed by atoms with Crippen LogP contribution in [0, 0.1) is 11.3 Å². The van der Waals surface area contributed by atoms with Gasteiger partial charge in [0.1, 0.15) is 28.1 Å². The van der Waals surface area contributed by atoms with Crippen LogP contribution in [0.25, 0.3) is 11.0 Å². The van der Waals surface area contributed by atoms with E-state index in [0.29, 0.717) is 34.0 Å². The smallest absolute Gasteiger partial charge is 0.270 e. The predicted octanol–water partition coefficient (Wildman–Crippen LogP) is 4.88. The van der Waals surface area contributed by atoms with Crippen LogP contribution < -0.4 is 20.1 Å². The highest BCUT2D eigenvalue weighted by Gasteiger charge is 2.37. The van der Waals surface area contributed by atoms with Crippen LogP contribution >= 0.6 is 11.6 Å². The Hall–Kier alpha value is -3.24. The van der Waals surface area contributed by atoms with Crippen molar-refractivity contribution in [2.45, 2.75) is 56.7 Å². The third kappa shape index (κ3) is 4.32.